The highest BCUT2D eigenvalue weighted by Crippen LogP contribution is 2.17. The summed E-state index contributed by atoms with van der Waals surface area (Å²) in [5.41, 5.74) is 0.999. The third-order valence-electron chi connectivity index (χ3n) is 4.57. The third-order valence-corrected chi connectivity index (χ3v) is 6.62. The van der Waals surface area contributed by atoms with Crippen molar-refractivity contribution in [1.29, 1.82) is 0 Å². The van der Waals surface area contributed by atoms with Gasteiger partial charge in [0.1, 0.15) is 0 Å². The zero-order valence-corrected chi connectivity index (χ0v) is 18.6. The van der Waals surface area contributed by atoms with E-state index >= 15 is 0 Å². The summed E-state index contributed by atoms with van der Waals surface area (Å²) in [7, 11) is -0.0888. The van der Waals surface area contributed by atoms with Crippen molar-refractivity contribution in [3.05, 3.63) is 29.8 Å². The van der Waals surface area contributed by atoms with Crippen LogP contribution >= 0.6 is 0 Å². The Morgan fingerprint density at radius 3 is 2.15 bits per heavy atom. The Labute approximate surface area is 165 Å². The van der Waals surface area contributed by atoms with Crippen LogP contribution in [0.2, 0.25) is 0 Å². The van der Waals surface area contributed by atoms with E-state index in [9.17, 15) is 8.42 Å². The first-order chi connectivity index (χ1) is 12.6. The van der Waals surface area contributed by atoms with Crippen molar-refractivity contribution < 1.29 is 8.42 Å². The minimum absolute atomic E-state index is 0.0802. The molecule has 0 heterocycles. The van der Waals surface area contributed by atoms with Crippen molar-refractivity contribution in [2.45, 2.75) is 71.0 Å². The molecule has 0 spiro atoms. The van der Waals surface area contributed by atoms with E-state index < -0.39 is 10.0 Å². The van der Waals surface area contributed by atoms with Crippen molar-refractivity contribution in [3.8, 4) is 0 Å². The number of nitrogens with one attached hydrogen (secondary N) is 2. The van der Waals surface area contributed by atoms with Gasteiger partial charge in [-0.25, -0.2) is 8.42 Å². The first-order valence-electron chi connectivity index (χ1n) is 9.62. The Morgan fingerprint density at radius 1 is 1.07 bits per heavy atom. The molecule has 0 aliphatic rings. The molecule has 27 heavy (non-hydrogen) atoms. The summed E-state index contributed by atoms with van der Waals surface area (Å²) in [6.45, 7) is 10.9. The van der Waals surface area contributed by atoms with Crippen molar-refractivity contribution in [2.24, 2.45) is 10.9 Å². The second-order valence-electron chi connectivity index (χ2n) is 7.70. The van der Waals surface area contributed by atoms with Crippen LogP contribution in [-0.2, 0) is 16.6 Å². The van der Waals surface area contributed by atoms with Crippen LogP contribution in [0, 0.1) is 5.92 Å². The predicted molar refractivity (Wildman–Crippen MR) is 113 cm³/mol. The molecule has 1 atom stereocenters. The van der Waals surface area contributed by atoms with Gasteiger partial charge in [0.25, 0.3) is 0 Å². The van der Waals surface area contributed by atoms with Gasteiger partial charge >= 0.3 is 0 Å². The molecule has 0 fully saturated rings. The number of nitrogens with zero attached hydrogens (tertiary/aromatic N) is 2. The highest BCUT2D eigenvalue weighted by atomic mass is 32.2. The number of benzene rings is 1. The Balaban J connectivity index is 2.65. The summed E-state index contributed by atoms with van der Waals surface area (Å²) in [4.78, 5) is 4.57. The zero-order valence-electron chi connectivity index (χ0n) is 17.8. The lowest BCUT2D eigenvalue weighted by atomic mass is 10.0. The fourth-order valence-corrected chi connectivity index (χ4v) is 3.86. The molecule has 0 bridgehead atoms. The van der Waals surface area contributed by atoms with Gasteiger partial charge in [-0.3, -0.25) is 4.99 Å². The van der Waals surface area contributed by atoms with Crippen LogP contribution in [0.15, 0.2) is 34.2 Å². The second kappa shape index (κ2) is 10.7. The first kappa shape index (κ1) is 23.4. The molecule has 2 N–H and O–H groups in total. The van der Waals surface area contributed by atoms with E-state index in [-0.39, 0.29) is 6.04 Å². The molecule has 7 heteroatoms. The normalized spacial score (nSPS) is 14.1. The fraction of sp³-hybridized carbons (Fsp3) is 0.650. The Morgan fingerprint density at radius 2 is 1.67 bits per heavy atom. The average Bonchev–Trinajstić information content (AvgIpc) is 2.62. The summed E-state index contributed by atoms with van der Waals surface area (Å²) in [5, 5.41) is 6.67. The predicted octanol–water partition coefficient (Wildman–Crippen LogP) is 3.21. The van der Waals surface area contributed by atoms with E-state index in [4.69, 9.17) is 0 Å². The van der Waals surface area contributed by atoms with Gasteiger partial charge in [0.15, 0.2) is 5.96 Å². The van der Waals surface area contributed by atoms with Crippen LogP contribution < -0.4 is 10.6 Å². The molecule has 1 unspecified atom stereocenters. The maximum absolute atomic E-state index is 12.5. The maximum Gasteiger partial charge on any atom is 0.243 e. The standard InChI is InChI=1S/C20H36N4O2S/c1-15(2)8-9-17(5)23-20(21-6)22-14-18-10-12-19(13-11-18)27(25,26)24(7)16(3)4/h10-13,15-17H,8-9,14H2,1-7H3,(H2,21,22,23). The molecule has 0 aliphatic carbocycles. The summed E-state index contributed by atoms with van der Waals surface area (Å²) in [6.07, 6.45) is 2.26. The molecule has 154 valence electrons. The van der Waals surface area contributed by atoms with Gasteiger partial charge < -0.3 is 10.6 Å². The maximum atomic E-state index is 12.5. The minimum atomic E-state index is -3.44. The number of aliphatic imine (C=N–C) groups is 1. The lowest BCUT2D eigenvalue weighted by molar-refractivity contribution is 0.410. The van der Waals surface area contributed by atoms with Crippen molar-refractivity contribution in [1.82, 2.24) is 14.9 Å². The van der Waals surface area contributed by atoms with E-state index in [1.165, 1.54) is 10.7 Å². The quantitative estimate of drug-likeness (QED) is 0.496. The van der Waals surface area contributed by atoms with Crippen LogP contribution in [0.25, 0.3) is 0 Å². The summed E-state index contributed by atoms with van der Waals surface area (Å²) in [6, 6.07) is 7.26. The van der Waals surface area contributed by atoms with E-state index in [0.717, 1.165) is 17.9 Å². The highest BCUT2D eigenvalue weighted by molar-refractivity contribution is 7.89. The SMILES string of the molecule is CN=C(NCc1ccc(S(=O)(=O)N(C)C(C)C)cc1)NC(C)CCC(C)C. The Bertz CT molecular complexity index is 697. The molecular weight excluding hydrogens is 360 g/mol. The van der Waals surface area contributed by atoms with Crippen LogP contribution in [0.3, 0.4) is 0 Å². The summed E-state index contributed by atoms with van der Waals surface area (Å²) < 4.78 is 26.4. The van der Waals surface area contributed by atoms with E-state index in [2.05, 4.69) is 36.4 Å². The fourth-order valence-electron chi connectivity index (χ4n) is 2.49. The topological polar surface area (TPSA) is 73.8 Å². The molecule has 6 nitrogen and oxygen atoms in total. The van der Waals surface area contributed by atoms with E-state index in [0.29, 0.717) is 23.4 Å². The molecular formula is C20H36N4O2S. The number of hydrogen-bond donors (Lipinski definition) is 2. The van der Waals surface area contributed by atoms with Gasteiger partial charge in [-0.1, -0.05) is 26.0 Å². The van der Waals surface area contributed by atoms with Crippen LogP contribution in [0.5, 0.6) is 0 Å². The molecule has 0 amide bonds. The summed E-state index contributed by atoms with van der Waals surface area (Å²) in [5.74, 6) is 1.44. The van der Waals surface area contributed by atoms with E-state index in [1.54, 1.807) is 26.2 Å². The van der Waals surface area contributed by atoms with E-state index in [1.807, 2.05) is 26.0 Å². The van der Waals surface area contributed by atoms with Gasteiger partial charge in [0.05, 0.1) is 4.90 Å². The molecule has 0 aliphatic heterocycles. The van der Waals surface area contributed by atoms with Crippen LogP contribution in [-0.4, -0.2) is 44.9 Å². The van der Waals surface area contributed by atoms with Gasteiger partial charge in [-0.15, -0.1) is 0 Å². The number of sulfonamides is 1. The molecule has 1 rings (SSSR count). The Hall–Kier alpha value is -1.60. The molecule has 0 radical (unpaired) electrons. The monoisotopic (exact) mass is 396 g/mol. The lowest BCUT2D eigenvalue weighted by Crippen LogP contribution is -2.41. The number of rotatable bonds is 9. The van der Waals surface area contributed by atoms with Gasteiger partial charge in [-0.05, 0) is 57.2 Å². The second-order valence-corrected chi connectivity index (χ2v) is 9.70. The van der Waals surface area contributed by atoms with Gasteiger partial charge in [-0.2, -0.15) is 4.31 Å². The van der Waals surface area contributed by atoms with Gasteiger partial charge in [0, 0.05) is 32.7 Å². The number of hydrogen-bond acceptors (Lipinski definition) is 3. The summed E-state index contributed by atoms with van der Waals surface area (Å²) >= 11 is 0. The molecule has 1 aromatic carbocycles. The van der Waals surface area contributed by atoms with Crippen molar-refractivity contribution in [3.63, 3.8) is 0 Å². The molecule has 0 saturated carbocycles. The average molecular weight is 397 g/mol. The smallest absolute Gasteiger partial charge is 0.243 e. The minimum Gasteiger partial charge on any atom is -0.354 e. The first-order valence-corrected chi connectivity index (χ1v) is 11.1. The van der Waals surface area contributed by atoms with Crippen LogP contribution in [0.4, 0.5) is 0 Å². The lowest BCUT2D eigenvalue weighted by Gasteiger charge is -2.21. The van der Waals surface area contributed by atoms with Crippen molar-refractivity contribution >= 4 is 16.0 Å². The molecule has 0 aromatic heterocycles. The Kier molecular flexibility index (Phi) is 9.26. The molecule has 1 aromatic rings. The van der Waals surface area contributed by atoms with Crippen LogP contribution in [0.1, 0.15) is 53.0 Å². The van der Waals surface area contributed by atoms with Crippen molar-refractivity contribution in [2.75, 3.05) is 14.1 Å². The third kappa shape index (κ3) is 7.50. The molecule has 0 saturated heterocycles. The van der Waals surface area contributed by atoms with Gasteiger partial charge in [0.2, 0.25) is 10.0 Å². The highest BCUT2D eigenvalue weighted by Gasteiger charge is 2.22. The largest absolute Gasteiger partial charge is 0.354 e. The number of guanidine groups is 1. The zero-order chi connectivity index (χ0) is 20.6.